The third-order valence-corrected chi connectivity index (χ3v) is 3.46. The number of benzene rings is 2. The Labute approximate surface area is 123 Å². The molecular weight excluding hydrogens is 274 g/mol. The second-order valence-electron chi connectivity index (χ2n) is 4.67. The highest BCUT2D eigenvalue weighted by Gasteiger charge is 2.11. The molecule has 0 aliphatic heterocycles. The van der Waals surface area contributed by atoms with Crippen LogP contribution in [0.15, 0.2) is 48.5 Å². The Bertz CT molecular complexity index is 599. The molecule has 0 aliphatic carbocycles. The first-order chi connectivity index (χ1) is 9.56. The van der Waals surface area contributed by atoms with Crippen LogP contribution in [0.5, 0.6) is 0 Å². The van der Waals surface area contributed by atoms with Crippen LogP contribution in [0.1, 0.15) is 11.1 Å². The van der Waals surface area contributed by atoms with Crippen molar-refractivity contribution >= 4 is 23.3 Å². The van der Waals surface area contributed by atoms with E-state index in [0.717, 1.165) is 16.8 Å². The summed E-state index contributed by atoms with van der Waals surface area (Å²) >= 11 is 6.11. The summed E-state index contributed by atoms with van der Waals surface area (Å²) in [5, 5.41) is 9.75. The Balaban J connectivity index is 2.23. The zero-order valence-corrected chi connectivity index (χ0v) is 12.0. The second-order valence-corrected chi connectivity index (χ2v) is 5.08. The van der Waals surface area contributed by atoms with Crippen LogP contribution in [0, 0.1) is 6.92 Å². The number of para-hydroxylation sites is 1. The van der Waals surface area contributed by atoms with Gasteiger partial charge >= 0.3 is 5.97 Å². The molecule has 104 valence electrons. The van der Waals surface area contributed by atoms with Gasteiger partial charge in [0.25, 0.3) is 0 Å². The number of halogens is 1. The molecule has 0 aliphatic rings. The molecule has 2 aromatic rings. The van der Waals surface area contributed by atoms with E-state index in [1.54, 1.807) is 0 Å². The molecule has 0 radical (unpaired) electrons. The van der Waals surface area contributed by atoms with Gasteiger partial charge in [0.15, 0.2) is 0 Å². The van der Waals surface area contributed by atoms with Gasteiger partial charge in [-0.3, -0.25) is 4.79 Å². The first kappa shape index (κ1) is 14.4. The van der Waals surface area contributed by atoms with Crippen LogP contribution < -0.4 is 4.90 Å². The molecule has 2 aromatic carbocycles. The van der Waals surface area contributed by atoms with E-state index in [-0.39, 0.29) is 6.54 Å². The number of aryl methyl sites for hydroxylation is 1. The lowest BCUT2D eigenvalue weighted by Crippen LogP contribution is -2.29. The van der Waals surface area contributed by atoms with Crippen molar-refractivity contribution in [3.05, 3.63) is 64.7 Å². The van der Waals surface area contributed by atoms with Crippen molar-refractivity contribution in [3.63, 3.8) is 0 Å². The number of hydrogen-bond donors (Lipinski definition) is 1. The van der Waals surface area contributed by atoms with E-state index in [1.165, 1.54) is 0 Å². The molecular formula is C16H16ClNO2. The molecule has 4 heteroatoms. The van der Waals surface area contributed by atoms with Crippen LogP contribution in [-0.4, -0.2) is 17.6 Å². The Hall–Kier alpha value is -2.00. The van der Waals surface area contributed by atoms with Crippen molar-refractivity contribution in [1.29, 1.82) is 0 Å². The van der Waals surface area contributed by atoms with Gasteiger partial charge in [-0.05, 0) is 36.2 Å². The van der Waals surface area contributed by atoms with E-state index < -0.39 is 5.97 Å². The van der Waals surface area contributed by atoms with Crippen LogP contribution in [0.4, 0.5) is 5.69 Å². The maximum absolute atomic E-state index is 11.0. The molecule has 0 saturated carbocycles. The van der Waals surface area contributed by atoms with Gasteiger partial charge in [-0.1, -0.05) is 41.9 Å². The molecule has 0 fully saturated rings. The smallest absolute Gasteiger partial charge is 0.323 e. The third-order valence-electron chi connectivity index (χ3n) is 3.06. The van der Waals surface area contributed by atoms with Crippen LogP contribution in [-0.2, 0) is 11.3 Å². The van der Waals surface area contributed by atoms with Crippen LogP contribution >= 0.6 is 11.6 Å². The number of carboxylic acids is 1. The molecule has 0 unspecified atom stereocenters. The standard InChI is InChI=1S/C16H16ClNO2/c1-12-7-8-13(9-15(12)17)10-18(11-16(19)20)14-5-3-2-4-6-14/h2-9H,10-11H2,1H3,(H,19,20). The predicted molar refractivity (Wildman–Crippen MR) is 81.3 cm³/mol. The second kappa shape index (κ2) is 6.44. The molecule has 20 heavy (non-hydrogen) atoms. The number of nitrogens with zero attached hydrogens (tertiary/aromatic N) is 1. The van der Waals surface area contributed by atoms with Gasteiger partial charge < -0.3 is 10.0 Å². The number of hydrogen-bond acceptors (Lipinski definition) is 2. The van der Waals surface area contributed by atoms with E-state index in [4.69, 9.17) is 16.7 Å². The molecule has 3 nitrogen and oxygen atoms in total. The predicted octanol–water partition coefficient (Wildman–Crippen LogP) is 3.74. The van der Waals surface area contributed by atoms with Crippen LogP contribution in [0.3, 0.4) is 0 Å². The largest absolute Gasteiger partial charge is 0.480 e. The fraction of sp³-hybridized carbons (Fsp3) is 0.188. The zero-order chi connectivity index (χ0) is 14.5. The fourth-order valence-electron chi connectivity index (χ4n) is 2.00. The first-order valence-corrected chi connectivity index (χ1v) is 6.71. The highest BCUT2D eigenvalue weighted by Crippen LogP contribution is 2.21. The molecule has 0 aromatic heterocycles. The summed E-state index contributed by atoms with van der Waals surface area (Å²) in [6.45, 7) is 2.41. The molecule has 0 spiro atoms. The number of rotatable bonds is 5. The van der Waals surface area contributed by atoms with Crippen molar-refractivity contribution < 1.29 is 9.90 Å². The lowest BCUT2D eigenvalue weighted by Gasteiger charge is -2.23. The van der Waals surface area contributed by atoms with Crippen molar-refractivity contribution in [1.82, 2.24) is 0 Å². The highest BCUT2D eigenvalue weighted by atomic mass is 35.5. The maximum atomic E-state index is 11.0. The maximum Gasteiger partial charge on any atom is 0.323 e. The molecule has 2 rings (SSSR count). The van der Waals surface area contributed by atoms with E-state index in [9.17, 15) is 4.79 Å². The van der Waals surface area contributed by atoms with Crippen LogP contribution in [0.25, 0.3) is 0 Å². The van der Waals surface area contributed by atoms with Crippen molar-refractivity contribution in [2.24, 2.45) is 0 Å². The molecule has 0 atom stereocenters. The number of carboxylic acid groups (broad SMARTS) is 1. The molecule has 0 amide bonds. The minimum Gasteiger partial charge on any atom is -0.480 e. The van der Waals surface area contributed by atoms with E-state index in [0.29, 0.717) is 11.6 Å². The zero-order valence-electron chi connectivity index (χ0n) is 11.2. The summed E-state index contributed by atoms with van der Waals surface area (Å²) in [7, 11) is 0. The molecule has 0 bridgehead atoms. The third kappa shape index (κ3) is 3.75. The average Bonchev–Trinajstić information content (AvgIpc) is 2.43. The summed E-state index contributed by atoms with van der Waals surface area (Å²) in [6, 6.07) is 15.3. The SMILES string of the molecule is Cc1ccc(CN(CC(=O)O)c2ccccc2)cc1Cl. The van der Waals surface area contributed by atoms with E-state index >= 15 is 0 Å². The summed E-state index contributed by atoms with van der Waals surface area (Å²) in [6.07, 6.45) is 0. The molecule has 0 saturated heterocycles. The summed E-state index contributed by atoms with van der Waals surface area (Å²) in [4.78, 5) is 12.8. The summed E-state index contributed by atoms with van der Waals surface area (Å²) in [5.41, 5.74) is 2.89. The lowest BCUT2D eigenvalue weighted by molar-refractivity contribution is -0.135. The van der Waals surface area contributed by atoms with Crippen molar-refractivity contribution in [2.45, 2.75) is 13.5 Å². The van der Waals surface area contributed by atoms with Gasteiger partial charge in [0.05, 0.1) is 0 Å². The fourth-order valence-corrected chi connectivity index (χ4v) is 2.20. The number of carbonyl (C=O) groups is 1. The monoisotopic (exact) mass is 289 g/mol. The first-order valence-electron chi connectivity index (χ1n) is 6.33. The molecule has 0 heterocycles. The Morgan fingerprint density at radius 3 is 2.50 bits per heavy atom. The van der Waals surface area contributed by atoms with E-state index in [2.05, 4.69) is 0 Å². The minimum absolute atomic E-state index is 0.0461. The Morgan fingerprint density at radius 1 is 1.20 bits per heavy atom. The van der Waals surface area contributed by atoms with Gasteiger partial charge in [-0.25, -0.2) is 0 Å². The van der Waals surface area contributed by atoms with Crippen molar-refractivity contribution in [3.8, 4) is 0 Å². The van der Waals surface area contributed by atoms with Gasteiger partial charge in [-0.15, -0.1) is 0 Å². The highest BCUT2D eigenvalue weighted by molar-refractivity contribution is 6.31. The van der Waals surface area contributed by atoms with Gasteiger partial charge in [-0.2, -0.15) is 0 Å². The average molecular weight is 290 g/mol. The summed E-state index contributed by atoms with van der Waals surface area (Å²) < 4.78 is 0. The van der Waals surface area contributed by atoms with Gasteiger partial charge in [0.1, 0.15) is 6.54 Å². The summed E-state index contributed by atoms with van der Waals surface area (Å²) in [5.74, 6) is -0.855. The van der Waals surface area contributed by atoms with Gasteiger partial charge in [0, 0.05) is 17.3 Å². The Kier molecular flexibility index (Phi) is 4.64. The van der Waals surface area contributed by atoms with Crippen LogP contribution in [0.2, 0.25) is 5.02 Å². The topological polar surface area (TPSA) is 40.5 Å². The van der Waals surface area contributed by atoms with Gasteiger partial charge in [0.2, 0.25) is 0 Å². The normalized spacial score (nSPS) is 10.3. The molecule has 1 N–H and O–H groups in total. The lowest BCUT2D eigenvalue weighted by atomic mass is 10.1. The quantitative estimate of drug-likeness (QED) is 0.911. The number of aliphatic carboxylic acids is 1. The Morgan fingerprint density at radius 2 is 1.90 bits per heavy atom. The van der Waals surface area contributed by atoms with Crippen molar-refractivity contribution in [2.75, 3.05) is 11.4 Å². The minimum atomic E-state index is -0.855. The number of anilines is 1. The van der Waals surface area contributed by atoms with E-state index in [1.807, 2.05) is 60.4 Å².